The topological polar surface area (TPSA) is 38.0 Å². The molecule has 2 nitrogen and oxygen atoms in total. The number of hydrogen-bond donors (Lipinski definition) is 2. The van der Waals surface area contributed by atoms with Gasteiger partial charge in [-0.3, -0.25) is 0 Å². The molecule has 0 amide bonds. The maximum Gasteiger partial charge on any atom is 0.106 e. The average Bonchev–Trinajstić information content (AvgIpc) is 2.87. The van der Waals surface area contributed by atoms with Gasteiger partial charge in [0.15, 0.2) is 0 Å². The summed E-state index contributed by atoms with van der Waals surface area (Å²) in [7, 11) is 0. The lowest BCUT2D eigenvalue weighted by Gasteiger charge is -2.44. The summed E-state index contributed by atoms with van der Waals surface area (Å²) in [6, 6.07) is 6.20. The molecule has 1 aromatic carbocycles. The van der Waals surface area contributed by atoms with Crippen molar-refractivity contribution in [3.8, 4) is 0 Å². The van der Waals surface area contributed by atoms with Crippen LogP contribution in [-0.2, 0) is 0 Å². The number of benzene rings is 1. The third-order valence-electron chi connectivity index (χ3n) is 5.82. The van der Waals surface area contributed by atoms with Crippen molar-refractivity contribution in [3.63, 3.8) is 0 Å². The van der Waals surface area contributed by atoms with Crippen molar-refractivity contribution in [1.29, 1.82) is 0 Å². The first kappa shape index (κ1) is 15.1. The van der Waals surface area contributed by atoms with Crippen molar-refractivity contribution in [3.05, 3.63) is 28.8 Å². The fourth-order valence-electron chi connectivity index (χ4n) is 4.66. The predicted molar refractivity (Wildman–Crippen MR) is 94.0 cm³/mol. The van der Waals surface area contributed by atoms with Crippen LogP contribution in [-0.4, -0.2) is 11.0 Å². The molecule has 114 valence electrons. The number of fused-ring (bicyclic) bond motifs is 2. The van der Waals surface area contributed by atoms with E-state index in [1.165, 1.54) is 19.3 Å². The van der Waals surface area contributed by atoms with Crippen LogP contribution in [0.3, 0.4) is 0 Å². The summed E-state index contributed by atoms with van der Waals surface area (Å²) in [5, 5.41) is 4.42. The third kappa shape index (κ3) is 2.35. The molecule has 2 aliphatic carbocycles. The fraction of sp³-hybridized carbons (Fsp3) is 0.588. The number of nitrogens with two attached hydrogens (primary N) is 1. The SMILES string of the molecule is CC12CCC(C1)C(C)(C)C2Nc1ccc(Cl)cc1C(N)=S. The molecule has 21 heavy (non-hydrogen) atoms. The molecule has 0 heterocycles. The lowest BCUT2D eigenvalue weighted by atomic mass is 9.68. The first-order valence-electron chi connectivity index (χ1n) is 7.60. The van der Waals surface area contributed by atoms with Crippen LogP contribution in [0.1, 0.15) is 45.6 Å². The summed E-state index contributed by atoms with van der Waals surface area (Å²) in [6.45, 7) is 7.18. The van der Waals surface area contributed by atoms with Crippen molar-refractivity contribution in [2.24, 2.45) is 22.5 Å². The van der Waals surface area contributed by atoms with E-state index in [1.54, 1.807) is 0 Å². The van der Waals surface area contributed by atoms with Crippen molar-refractivity contribution in [2.45, 2.75) is 46.1 Å². The van der Waals surface area contributed by atoms with E-state index in [-0.39, 0.29) is 0 Å². The molecule has 0 aliphatic heterocycles. The van der Waals surface area contributed by atoms with E-state index in [0.717, 1.165) is 17.2 Å². The van der Waals surface area contributed by atoms with Gasteiger partial charge in [0, 0.05) is 22.3 Å². The Morgan fingerprint density at radius 2 is 2.10 bits per heavy atom. The van der Waals surface area contributed by atoms with Crippen LogP contribution in [0.25, 0.3) is 0 Å². The van der Waals surface area contributed by atoms with Gasteiger partial charge in [-0.15, -0.1) is 0 Å². The first-order chi connectivity index (χ1) is 9.74. The zero-order chi connectivity index (χ0) is 15.4. The summed E-state index contributed by atoms with van der Waals surface area (Å²) >= 11 is 11.3. The largest absolute Gasteiger partial charge is 0.389 e. The molecular weight excluding hydrogens is 300 g/mol. The molecule has 3 unspecified atom stereocenters. The van der Waals surface area contributed by atoms with E-state index >= 15 is 0 Å². The number of thiocarbonyl (C=S) groups is 1. The highest BCUT2D eigenvalue weighted by Crippen LogP contribution is 2.63. The lowest BCUT2D eigenvalue weighted by molar-refractivity contribution is 0.155. The minimum absolute atomic E-state index is 0.292. The normalized spacial score (nSPS) is 33.1. The molecule has 0 spiro atoms. The molecule has 2 aliphatic rings. The Labute approximate surface area is 137 Å². The van der Waals surface area contributed by atoms with Gasteiger partial charge in [-0.1, -0.05) is 44.6 Å². The van der Waals surface area contributed by atoms with Gasteiger partial charge in [0.1, 0.15) is 4.99 Å². The Morgan fingerprint density at radius 3 is 2.67 bits per heavy atom. The zero-order valence-electron chi connectivity index (χ0n) is 12.9. The summed E-state index contributed by atoms with van der Waals surface area (Å²) < 4.78 is 0. The summed E-state index contributed by atoms with van der Waals surface area (Å²) in [5.74, 6) is 0.806. The van der Waals surface area contributed by atoms with Gasteiger partial charge in [-0.25, -0.2) is 0 Å². The van der Waals surface area contributed by atoms with Gasteiger partial charge in [0.05, 0.1) is 0 Å². The molecule has 0 radical (unpaired) electrons. The highest BCUT2D eigenvalue weighted by Gasteiger charge is 2.59. The summed E-state index contributed by atoms with van der Waals surface area (Å²) in [6.07, 6.45) is 3.97. The maximum absolute atomic E-state index is 6.08. The van der Waals surface area contributed by atoms with E-state index in [0.29, 0.717) is 26.9 Å². The number of rotatable bonds is 3. The summed E-state index contributed by atoms with van der Waals surface area (Å²) in [4.78, 5) is 0.395. The molecule has 1 aromatic rings. The molecule has 0 saturated heterocycles. The fourth-order valence-corrected chi connectivity index (χ4v) is 5.00. The van der Waals surface area contributed by atoms with Crippen molar-refractivity contribution < 1.29 is 0 Å². The highest BCUT2D eigenvalue weighted by molar-refractivity contribution is 7.80. The molecular formula is C17H23ClN2S. The van der Waals surface area contributed by atoms with Crippen molar-refractivity contribution in [1.82, 2.24) is 0 Å². The molecule has 2 bridgehead atoms. The molecule has 2 fully saturated rings. The Balaban J connectivity index is 1.96. The van der Waals surface area contributed by atoms with Crippen LogP contribution in [0.5, 0.6) is 0 Å². The molecule has 3 N–H and O–H groups in total. The van der Waals surface area contributed by atoms with Gasteiger partial charge < -0.3 is 11.1 Å². The summed E-state index contributed by atoms with van der Waals surface area (Å²) in [5.41, 5.74) is 8.38. The number of hydrogen-bond acceptors (Lipinski definition) is 2. The quantitative estimate of drug-likeness (QED) is 0.799. The Morgan fingerprint density at radius 1 is 1.38 bits per heavy atom. The van der Waals surface area contributed by atoms with Gasteiger partial charge >= 0.3 is 0 Å². The van der Waals surface area contributed by atoms with Crippen molar-refractivity contribution >= 4 is 34.5 Å². The van der Waals surface area contributed by atoms with Crippen LogP contribution >= 0.6 is 23.8 Å². The van der Waals surface area contributed by atoms with E-state index in [4.69, 9.17) is 29.6 Å². The molecule has 2 saturated carbocycles. The van der Waals surface area contributed by atoms with E-state index in [9.17, 15) is 0 Å². The van der Waals surface area contributed by atoms with Gasteiger partial charge in [0.2, 0.25) is 0 Å². The minimum atomic E-state index is 0.292. The maximum atomic E-state index is 6.08. The van der Waals surface area contributed by atoms with E-state index in [1.807, 2.05) is 18.2 Å². The van der Waals surface area contributed by atoms with Crippen LogP contribution < -0.4 is 11.1 Å². The first-order valence-corrected chi connectivity index (χ1v) is 8.38. The second kappa shape index (κ2) is 4.85. The number of anilines is 1. The van der Waals surface area contributed by atoms with E-state index < -0.39 is 0 Å². The van der Waals surface area contributed by atoms with Crippen LogP contribution in [0.15, 0.2) is 18.2 Å². The van der Waals surface area contributed by atoms with Gasteiger partial charge in [-0.2, -0.15) is 0 Å². The van der Waals surface area contributed by atoms with Crippen LogP contribution in [0.4, 0.5) is 5.69 Å². The number of halogens is 1. The number of nitrogens with one attached hydrogen (secondary N) is 1. The second-order valence-corrected chi connectivity index (χ2v) is 8.42. The molecule has 3 atom stereocenters. The minimum Gasteiger partial charge on any atom is -0.389 e. The lowest BCUT2D eigenvalue weighted by Crippen LogP contribution is -2.46. The monoisotopic (exact) mass is 322 g/mol. The Bertz CT molecular complexity index is 594. The van der Waals surface area contributed by atoms with Gasteiger partial charge in [-0.05, 0) is 54.2 Å². The van der Waals surface area contributed by atoms with E-state index in [2.05, 4.69) is 26.1 Å². The zero-order valence-corrected chi connectivity index (χ0v) is 14.4. The predicted octanol–water partition coefficient (Wildman–Crippen LogP) is 4.60. The van der Waals surface area contributed by atoms with Crippen LogP contribution in [0.2, 0.25) is 5.02 Å². The molecule has 0 aromatic heterocycles. The molecule has 3 rings (SSSR count). The highest BCUT2D eigenvalue weighted by atomic mass is 35.5. The second-order valence-electron chi connectivity index (χ2n) is 7.55. The van der Waals surface area contributed by atoms with Gasteiger partial charge in [0.25, 0.3) is 0 Å². The smallest absolute Gasteiger partial charge is 0.106 e. The van der Waals surface area contributed by atoms with Crippen LogP contribution in [0, 0.1) is 16.7 Å². The third-order valence-corrected chi connectivity index (χ3v) is 6.27. The Hall–Kier alpha value is -0.800. The Kier molecular flexibility index (Phi) is 3.49. The average molecular weight is 323 g/mol. The van der Waals surface area contributed by atoms with Crippen molar-refractivity contribution in [2.75, 3.05) is 5.32 Å². The standard InChI is InChI=1S/C17H23ClN2S/c1-16(2)10-6-7-17(3,9-10)15(16)20-13-5-4-11(18)8-12(13)14(19)21/h4-5,8,10,15,20H,6-7,9H2,1-3H3,(H2,19,21). The molecule has 4 heteroatoms.